The third-order valence-electron chi connectivity index (χ3n) is 17.5. The van der Waals surface area contributed by atoms with Crippen LogP contribution < -0.4 is 0 Å². The maximum absolute atomic E-state index is 13.0. The first-order valence-electron chi connectivity index (χ1n) is 42.1. The van der Waals surface area contributed by atoms with Crippen LogP contribution in [0.5, 0.6) is 0 Å². The first-order valence-corrected chi connectivity index (χ1v) is 45.1. The third-order valence-corrected chi connectivity index (χ3v) is 19.4. The fraction of sp³-hybridized carbons (Fsp3) is 0.697. The Labute approximate surface area is 651 Å². The van der Waals surface area contributed by atoms with E-state index in [-0.39, 0.29) is 19.3 Å². The number of esters is 3. The van der Waals surface area contributed by atoms with E-state index in [0.717, 1.165) is 167 Å². The largest absolute Gasteiger partial charge is 0.472 e. The number of rotatable bonds is 79. The number of phosphoric acid groups is 2. The number of phosphoric ester groups is 2. The minimum atomic E-state index is -4.95. The molecule has 0 aliphatic heterocycles. The van der Waals surface area contributed by atoms with Gasteiger partial charge in [0, 0.05) is 19.3 Å². The van der Waals surface area contributed by atoms with E-state index in [1.54, 1.807) is 0 Å². The lowest BCUT2D eigenvalue weighted by Crippen LogP contribution is -2.30. The summed E-state index contributed by atoms with van der Waals surface area (Å²) in [7, 11) is -9.82. The summed E-state index contributed by atoms with van der Waals surface area (Å²) in [6, 6.07) is 0. The lowest BCUT2D eigenvalue weighted by molar-refractivity contribution is -0.161. The molecule has 0 aliphatic rings. The molecule has 4 N–H and O–H groups in total. The molecule has 0 aliphatic carbocycles. The topological polar surface area (TPSA) is 231 Å². The van der Waals surface area contributed by atoms with Gasteiger partial charge in [0.25, 0.3) is 0 Å². The van der Waals surface area contributed by atoms with Crippen LogP contribution in [0.1, 0.15) is 342 Å². The average molecular weight is 1540 g/mol. The number of unbranched alkanes of at least 4 members (excludes halogenated alkanes) is 32. The number of ether oxygens (including phenoxy) is 3. The van der Waals surface area contributed by atoms with Crippen molar-refractivity contribution in [2.45, 2.75) is 360 Å². The lowest BCUT2D eigenvalue weighted by Gasteiger charge is -2.21. The van der Waals surface area contributed by atoms with E-state index >= 15 is 0 Å². The number of aliphatic hydroxyl groups is 2. The molecule has 0 aromatic rings. The van der Waals surface area contributed by atoms with Crippen LogP contribution >= 0.6 is 15.6 Å². The Balaban J connectivity index is 4.68. The fourth-order valence-electron chi connectivity index (χ4n) is 11.1. The molecule has 107 heavy (non-hydrogen) atoms. The summed E-state index contributed by atoms with van der Waals surface area (Å²) in [4.78, 5) is 58.8. The van der Waals surface area contributed by atoms with Gasteiger partial charge in [-0.25, -0.2) is 9.13 Å². The molecule has 16 nitrogen and oxygen atoms in total. The molecule has 0 saturated carbocycles. The highest BCUT2D eigenvalue weighted by Gasteiger charge is 2.29. The predicted octanol–water partition coefficient (Wildman–Crippen LogP) is 25.2. The number of hydrogen-bond acceptors (Lipinski definition) is 14. The van der Waals surface area contributed by atoms with Gasteiger partial charge in [-0.3, -0.25) is 32.5 Å². The van der Waals surface area contributed by atoms with Gasteiger partial charge in [-0.2, -0.15) is 0 Å². The molecular formula is C89H152O16P2. The normalized spacial score (nSPS) is 14.6. The molecule has 0 amide bonds. The van der Waals surface area contributed by atoms with E-state index in [9.17, 15) is 43.5 Å². The minimum Gasteiger partial charge on any atom is -0.463 e. The van der Waals surface area contributed by atoms with Crippen LogP contribution in [-0.2, 0) is 55.8 Å². The zero-order valence-corrected chi connectivity index (χ0v) is 69.1. The molecule has 0 aromatic carbocycles. The van der Waals surface area contributed by atoms with E-state index in [1.807, 2.05) is 0 Å². The highest BCUT2D eigenvalue weighted by molar-refractivity contribution is 7.47. The zero-order chi connectivity index (χ0) is 78.0. The Kier molecular flexibility index (Phi) is 77.5. The first-order chi connectivity index (χ1) is 52.2. The van der Waals surface area contributed by atoms with E-state index in [2.05, 4.69) is 167 Å². The summed E-state index contributed by atoms with van der Waals surface area (Å²) in [6.07, 6.45) is 100. The Morgan fingerprint density at radius 3 is 0.738 bits per heavy atom. The fourth-order valence-corrected chi connectivity index (χ4v) is 12.6. The monoisotopic (exact) mass is 1540 g/mol. The number of aliphatic hydroxyl groups excluding tert-OH is 2. The van der Waals surface area contributed by atoms with Crippen LogP contribution in [0, 0.1) is 0 Å². The first kappa shape index (κ1) is 102. The average Bonchev–Trinajstić information content (AvgIpc) is 0.903. The van der Waals surface area contributed by atoms with Gasteiger partial charge >= 0.3 is 33.6 Å². The van der Waals surface area contributed by atoms with Crippen molar-refractivity contribution >= 4 is 33.6 Å². The van der Waals surface area contributed by atoms with Crippen LogP contribution in [0.3, 0.4) is 0 Å². The summed E-state index contributed by atoms with van der Waals surface area (Å²) in [6.45, 7) is 2.58. The molecule has 0 spiro atoms. The standard InChI is InChI=1S/C89H152O16P2/c1-4-7-10-13-16-19-22-25-28-31-34-37-39-40-41-42-44-47-48-51-54-57-60-63-66-69-72-75-87(92)99-78-84(90)79-101-106(95,96)102-80-85(91)81-103-107(97,98)104-83-86(105-89(94)77-74-71-68-65-62-59-56-53-50-45-36-33-30-27-24-21-18-15-12-9-6-3)82-100-88(93)76-73-70-67-64-61-58-55-52-49-46-43-38-35-32-29-26-23-20-17-14-11-8-5-2/h16-21,25-30,34-38,40-41,45-46,49,53,56,84-86,90-91H,4-15,22-24,31-33,39,42-44,47-48,50-52,54-55,57-83H2,1-3H3,(H,95,96)(H,97,98)/b19-16-,20-17-,21-18-,28-25-,29-26-,30-27-,37-34-,38-35-,41-40-,45-36-,49-46-,56-53-. The van der Waals surface area contributed by atoms with Crippen molar-refractivity contribution in [3.8, 4) is 0 Å². The molecule has 5 unspecified atom stereocenters. The Morgan fingerprint density at radius 2 is 0.467 bits per heavy atom. The van der Waals surface area contributed by atoms with Crippen LogP contribution in [0.15, 0.2) is 146 Å². The third kappa shape index (κ3) is 82.2. The van der Waals surface area contributed by atoms with Crippen molar-refractivity contribution in [1.29, 1.82) is 0 Å². The molecule has 614 valence electrons. The molecule has 18 heteroatoms. The van der Waals surface area contributed by atoms with Gasteiger partial charge < -0.3 is 34.2 Å². The van der Waals surface area contributed by atoms with Crippen molar-refractivity contribution in [2.75, 3.05) is 39.6 Å². The Hall–Kier alpha value is -4.57. The second kappa shape index (κ2) is 80.9. The van der Waals surface area contributed by atoms with Crippen molar-refractivity contribution in [3.63, 3.8) is 0 Å². The molecule has 5 atom stereocenters. The smallest absolute Gasteiger partial charge is 0.463 e. The van der Waals surface area contributed by atoms with Crippen LogP contribution in [0.2, 0.25) is 0 Å². The van der Waals surface area contributed by atoms with Crippen LogP contribution in [-0.4, -0.2) is 95.9 Å². The van der Waals surface area contributed by atoms with Crippen molar-refractivity contribution in [1.82, 2.24) is 0 Å². The molecule has 0 bridgehead atoms. The highest BCUT2D eigenvalue weighted by Crippen LogP contribution is 2.45. The van der Waals surface area contributed by atoms with Crippen LogP contribution in [0.4, 0.5) is 0 Å². The predicted molar refractivity (Wildman–Crippen MR) is 445 cm³/mol. The molecule has 0 radical (unpaired) electrons. The number of allylic oxidation sites excluding steroid dienone is 24. The van der Waals surface area contributed by atoms with E-state index < -0.39 is 91.5 Å². The molecule has 0 aromatic heterocycles. The Morgan fingerprint density at radius 1 is 0.262 bits per heavy atom. The van der Waals surface area contributed by atoms with Gasteiger partial charge in [0.1, 0.15) is 25.4 Å². The summed E-state index contributed by atoms with van der Waals surface area (Å²) in [5, 5.41) is 20.7. The lowest BCUT2D eigenvalue weighted by atomic mass is 10.0. The van der Waals surface area contributed by atoms with Crippen molar-refractivity contribution in [3.05, 3.63) is 146 Å². The van der Waals surface area contributed by atoms with E-state index in [0.29, 0.717) is 19.3 Å². The maximum atomic E-state index is 13.0. The molecule has 0 heterocycles. The Bertz CT molecular complexity index is 2530. The van der Waals surface area contributed by atoms with Gasteiger partial charge in [0.05, 0.1) is 26.4 Å². The minimum absolute atomic E-state index is 0.0768. The highest BCUT2D eigenvalue weighted by atomic mass is 31.2. The molecule has 0 saturated heterocycles. The SMILES string of the molecule is CCCCC/C=C\C/C=C\C/C=C\C/C=C\CCCCCCCCCCCCCC(=O)OCC(O)COP(=O)(O)OCC(O)COP(=O)(O)OCC(COC(=O)CCCCCCCCC/C=C\C/C=C\C/C=C\C/C=C\CCCCC)OC(=O)CCCCCCC/C=C\C/C=C\C/C=C\C/C=C\CCCCC. The second-order valence-corrected chi connectivity index (χ2v) is 30.8. The molecular weight excluding hydrogens is 1390 g/mol. The molecule has 0 fully saturated rings. The summed E-state index contributed by atoms with van der Waals surface area (Å²) < 4.78 is 61.3. The van der Waals surface area contributed by atoms with Gasteiger partial charge in [0.2, 0.25) is 0 Å². The number of hydrogen-bond donors (Lipinski definition) is 4. The quantitative estimate of drug-likeness (QED) is 0.0146. The summed E-state index contributed by atoms with van der Waals surface area (Å²) >= 11 is 0. The maximum Gasteiger partial charge on any atom is 0.472 e. The van der Waals surface area contributed by atoms with Gasteiger partial charge in [0.15, 0.2) is 6.10 Å². The van der Waals surface area contributed by atoms with E-state index in [1.165, 1.54) is 116 Å². The van der Waals surface area contributed by atoms with Crippen molar-refractivity contribution < 1.29 is 75.8 Å². The molecule has 0 rings (SSSR count). The summed E-state index contributed by atoms with van der Waals surface area (Å²) in [5.41, 5.74) is 0. The van der Waals surface area contributed by atoms with Gasteiger partial charge in [-0.15, -0.1) is 0 Å². The van der Waals surface area contributed by atoms with Gasteiger partial charge in [-0.05, 0) is 154 Å². The van der Waals surface area contributed by atoms with E-state index in [4.69, 9.17) is 32.3 Å². The summed E-state index contributed by atoms with van der Waals surface area (Å²) in [5.74, 6) is -1.61. The van der Waals surface area contributed by atoms with Crippen LogP contribution in [0.25, 0.3) is 0 Å². The van der Waals surface area contributed by atoms with Gasteiger partial charge in [-0.1, -0.05) is 314 Å². The second-order valence-electron chi connectivity index (χ2n) is 27.9. The zero-order valence-electron chi connectivity index (χ0n) is 67.3. The van der Waals surface area contributed by atoms with Crippen molar-refractivity contribution in [2.24, 2.45) is 0 Å². The number of carbonyl (C=O) groups is 3. The number of carbonyl (C=O) groups excluding carboxylic acids is 3.